The number of rotatable bonds is 3. The van der Waals surface area contributed by atoms with Crippen LogP contribution in [-0.4, -0.2) is 10.9 Å². The molecule has 0 saturated carbocycles. The van der Waals surface area contributed by atoms with Crippen LogP contribution in [0.1, 0.15) is 28.5 Å². The summed E-state index contributed by atoms with van der Waals surface area (Å²) in [7, 11) is 0. The van der Waals surface area contributed by atoms with Crippen molar-refractivity contribution in [3.8, 4) is 0 Å². The van der Waals surface area contributed by atoms with Crippen LogP contribution < -0.4 is 11.1 Å². The molecule has 0 fully saturated rings. The number of anilines is 1. The van der Waals surface area contributed by atoms with E-state index in [4.69, 9.17) is 17.3 Å². The molecule has 3 N–H and O–H groups in total. The summed E-state index contributed by atoms with van der Waals surface area (Å²) < 4.78 is 0. The number of aromatic nitrogens is 1. The quantitative estimate of drug-likeness (QED) is 0.908. The van der Waals surface area contributed by atoms with Crippen LogP contribution in [-0.2, 0) is 0 Å². The van der Waals surface area contributed by atoms with E-state index in [0.717, 1.165) is 5.01 Å². The molecule has 1 unspecified atom stereocenters. The fourth-order valence-electron chi connectivity index (χ4n) is 1.35. The van der Waals surface area contributed by atoms with Crippen molar-refractivity contribution in [2.24, 2.45) is 5.73 Å². The molecule has 1 amide bonds. The summed E-state index contributed by atoms with van der Waals surface area (Å²) in [6.07, 6.45) is 0. The van der Waals surface area contributed by atoms with E-state index in [1.165, 1.54) is 11.3 Å². The first-order valence-electron chi connectivity index (χ1n) is 5.35. The zero-order chi connectivity index (χ0) is 13.1. The summed E-state index contributed by atoms with van der Waals surface area (Å²) in [5, 5.41) is 5.63. The first-order chi connectivity index (χ1) is 8.58. The predicted molar refractivity (Wildman–Crippen MR) is 74.1 cm³/mol. The second-order valence-corrected chi connectivity index (χ2v) is 5.09. The van der Waals surface area contributed by atoms with Crippen LogP contribution in [0.25, 0.3) is 0 Å². The molecule has 2 aromatic rings. The molecular formula is C12H12ClN3OS. The summed E-state index contributed by atoms with van der Waals surface area (Å²) in [5.41, 5.74) is 6.62. The number of thiazole rings is 1. The van der Waals surface area contributed by atoms with Gasteiger partial charge in [-0.05, 0) is 19.1 Å². The smallest absolute Gasteiger partial charge is 0.275 e. The summed E-state index contributed by atoms with van der Waals surface area (Å²) in [4.78, 5) is 16.1. The van der Waals surface area contributed by atoms with Gasteiger partial charge in [0.15, 0.2) is 0 Å². The molecule has 0 aliphatic heterocycles. The van der Waals surface area contributed by atoms with Crippen molar-refractivity contribution in [1.82, 2.24) is 4.98 Å². The lowest BCUT2D eigenvalue weighted by Crippen LogP contribution is -2.13. The number of amides is 1. The number of hydrogen-bond acceptors (Lipinski definition) is 4. The van der Waals surface area contributed by atoms with Crippen molar-refractivity contribution >= 4 is 34.5 Å². The normalized spacial score (nSPS) is 12.2. The van der Waals surface area contributed by atoms with Crippen LogP contribution in [0.5, 0.6) is 0 Å². The molecule has 0 saturated heterocycles. The van der Waals surface area contributed by atoms with Crippen LogP contribution in [0.4, 0.5) is 5.69 Å². The highest BCUT2D eigenvalue weighted by Gasteiger charge is 2.13. The molecule has 0 bridgehead atoms. The number of para-hydroxylation sites is 1. The van der Waals surface area contributed by atoms with E-state index < -0.39 is 0 Å². The number of nitrogens with one attached hydrogen (secondary N) is 1. The SMILES string of the molecule is CC(N)c1nc(C(=O)Nc2ccccc2Cl)cs1. The lowest BCUT2D eigenvalue weighted by Gasteiger charge is -2.04. The van der Waals surface area contributed by atoms with E-state index in [1.807, 2.05) is 6.92 Å². The Hall–Kier alpha value is -1.43. The zero-order valence-corrected chi connectivity index (χ0v) is 11.3. The standard InChI is InChI=1S/C12H12ClN3OS/c1-7(14)12-16-10(6-18-12)11(17)15-9-5-3-2-4-8(9)13/h2-7H,14H2,1H3,(H,15,17). The number of carbonyl (C=O) groups is 1. The molecule has 0 aliphatic carbocycles. The first-order valence-corrected chi connectivity index (χ1v) is 6.60. The van der Waals surface area contributed by atoms with Crippen molar-refractivity contribution in [2.45, 2.75) is 13.0 Å². The van der Waals surface area contributed by atoms with Gasteiger partial charge in [0.25, 0.3) is 5.91 Å². The van der Waals surface area contributed by atoms with Crippen molar-refractivity contribution in [3.05, 3.63) is 45.4 Å². The second-order valence-electron chi connectivity index (χ2n) is 3.79. The third kappa shape index (κ3) is 2.87. The van der Waals surface area contributed by atoms with Gasteiger partial charge in [0, 0.05) is 5.38 Å². The Morgan fingerprint density at radius 2 is 2.22 bits per heavy atom. The lowest BCUT2D eigenvalue weighted by atomic mass is 10.3. The second kappa shape index (κ2) is 5.48. The van der Waals surface area contributed by atoms with Crippen molar-refractivity contribution in [1.29, 1.82) is 0 Å². The number of benzene rings is 1. The number of nitrogens with two attached hydrogens (primary N) is 1. The molecule has 1 heterocycles. The van der Waals surface area contributed by atoms with Gasteiger partial charge in [0.2, 0.25) is 0 Å². The van der Waals surface area contributed by atoms with Crippen LogP contribution in [0.2, 0.25) is 5.02 Å². The summed E-state index contributed by atoms with van der Waals surface area (Å²) >= 11 is 7.33. The van der Waals surface area contributed by atoms with Gasteiger partial charge in [-0.2, -0.15) is 0 Å². The molecule has 18 heavy (non-hydrogen) atoms. The lowest BCUT2D eigenvalue weighted by molar-refractivity contribution is 0.102. The minimum Gasteiger partial charge on any atom is -0.322 e. The number of hydrogen-bond donors (Lipinski definition) is 2. The largest absolute Gasteiger partial charge is 0.322 e. The molecule has 4 nitrogen and oxygen atoms in total. The van der Waals surface area contributed by atoms with Crippen molar-refractivity contribution in [3.63, 3.8) is 0 Å². The molecule has 6 heteroatoms. The average Bonchev–Trinajstić information content (AvgIpc) is 2.81. The molecule has 2 rings (SSSR count). The Labute approximate surface area is 114 Å². The highest BCUT2D eigenvalue weighted by molar-refractivity contribution is 7.09. The van der Waals surface area contributed by atoms with E-state index in [9.17, 15) is 4.79 Å². The topological polar surface area (TPSA) is 68.0 Å². The van der Waals surface area contributed by atoms with E-state index in [2.05, 4.69) is 10.3 Å². The fraction of sp³-hybridized carbons (Fsp3) is 0.167. The summed E-state index contributed by atoms with van der Waals surface area (Å²) in [5.74, 6) is -0.286. The van der Waals surface area contributed by atoms with Crippen LogP contribution in [0, 0.1) is 0 Å². The van der Waals surface area contributed by atoms with E-state index in [-0.39, 0.29) is 11.9 Å². The maximum absolute atomic E-state index is 11.9. The van der Waals surface area contributed by atoms with E-state index in [1.54, 1.807) is 29.6 Å². The summed E-state index contributed by atoms with van der Waals surface area (Å²) in [6, 6.07) is 6.88. The van der Waals surface area contributed by atoms with Gasteiger partial charge in [-0.25, -0.2) is 4.98 Å². The molecule has 1 aromatic heterocycles. The molecule has 0 radical (unpaired) electrons. The van der Waals surface area contributed by atoms with Gasteiger partial charge in [0.05, 0.1) is 16.8 Å². The van der Waals surface area contributed by atoms with Crippen LogP contribution in [0.15, 0.2) is 29.6 Å². The highest BCUT2D eigenvalue weighted by atomic mass is 35.5. The summed E-state index contributed by atoms with van der Waals surface area (Å²) in [6.45, 7) is 1.83. The van der Waals surface area contributed by atoms with Crippen LogP contribution >= 0.6 is 22.9 Å². The fourth-order valence-corrected chi connectivity index (χ4v) is 2.29. The number of nitrogens with zero attached hydrogens (tertiary/aromatic N) is 1. The third-order valence-electron chi connectivity index (χ3n) is 2.27. The van der Waals surface area contributed by atoms with Gasteiger partial charge in [-0.1, -0.05) is 23.7 Å². The Bertz CT molecular complexity index is 568. The average molecular weight is 282 g/mol. The van der Waals surface area contributed by atoms with Crippen molar-refractivity contribution < 1.29 is 4.79 Å². The first kappa shape index (κ1) is 13.0. The Morgan fingerprint density at radius 1 is 1.50 bits per heavy atom. The maximum Gasteiger partial charge on any atom is 0.275 e. The molecule has 94 valence electrons. The molecule has 1 aromatic carbocycles. The van der Waals surface area contributed by atoms with E-state index in [0.29, 0.717) is 16.4 Å². The van der Waals surface area contributed by atoms with Gasteiger partial charge < -0.3 is 11.1 Å². The van der Waals surface area contributed by atoms with Gasteiger partial charge in [-0.15, -0.1) is 11.3 Å². The molecule has 1 atom stereocenters. The van der Waals surface area contributed by atoms with Gasteiger partial charge >= 0.3 is 0 Å². The molecular weight excluding hydrogens is 270 g/mol. The van der Waals surface area contributed by atoms with Crippen molar-refractivity contribution in [2.75, 3.05) is 5.32 Å². The molecule has 0 spiro atoms. The highest BCUT2D eigenvalue weighted by Crippen LogP contribution is 2.22. The zero-order valence-electron chi connectivity index (χ0n) is 9.68. The van der Waals surface area contributed by atoms with Gasteiger partial charge in [0.1, 0.15) is 10.7 Å². The predicted octanol–water partition coefficient (Wildman–Crippen LogP) is 3.07. The minimum atomic E-state index is -0.286. The molecule has 0 aliphatic rings. The number of halogens is 1. The maximum atomic E-state index is 11.9. The Balaban J connectivity index is 2.15. The van der Waals surface area contributed by atoms with Gasteiger partial charge in [-0.3, -0.25) is 4.79 Å². The number of carbonyl (C=O) groups excluding carboxylic acids is 1. The Kier molecular flexibility index (Phi) is 3.96. The third-order valence-corrected chi connectivity index (χ3v) is 3.64. The van der Waals surface area contributed by atoms with E-state index >= 15 is 0 Å². The Morgan fingerprint density at radius 3 is 2.83 bits per heavy atom. The monoisotopic (exact) mass is 281 g/mol. The minimum absolute atomic E-state index is 0.170. The van der Waals surface area contributed by atoms with Crippen LogP contribution in [0.3, 0.4) is 0 Å².